The van der Waals surface area contributed by atoms with E-state index in [1.165, 1.54) is 11.0 Å². The molecule has 6 nitrogen and oxygen atoms in total. The summed E-state index contributed by atoms with van der Waals surface area (Å²) in [5.74, 6) is -3.26. The van der Waals surface area contributed by atoms with Crippen molar-refractivity contribution in [1.29, 1.82) is 0 Å². The van der Waals surface area contributed by atoms with Gasteiger partial charge in [0.2, 0.25) is 5.91 Å². The Kier molecular flexibility index (Phi) is 3.85. The molecular formula is C14H16N2O4. The Morgan fingerprint density at radius 3 is 2.45 bits per heavy atom. The van der Waals surface area contributed by atoms with Crippen molar-refractivity contribution in [1.82, 2.24) is 9.96 Å². The lowest BCUT2D eigenvalue weighted by molar-refractivity contribution is -0.160. The highest BCUT2D eigenvalue weighted by atomic mass is 16.5. The van der Waals surface area contributed by atoms with Crippen LogP contribution in [0, 0.1) is 0 Å². The van der Waals surface area contributed by atoms with Crippen LogP contribution in [-0.4, -0.2) is 46.0 Å². The molecule has 0 radical (unpaired) electrons. The number of carbonyl (C=O) groups is 3. The van der Waals surface area contributed by atoms with E-state index < -0.39 is 23.6 Å². The molecule has 20 heavy (non-hydrogen) atoms. The second kappa shape index (κ2) is 5.42. The molecule has 1 atom stereocenters. The first-order valence-electron chi connectivity index (χ1n) is 6.47. The van der Waals surface area contributed by atoms with Crippen molar-refractivity contribution in [3.05, 3.63) is 35.4 Å². The summed E-state index contributed by atoms with van der Waals surface area (Å²) in [7, 11) is 0. The van der Waals surface area contributed by atoms with E-state index in [2.05, 4.69) is 0 Å². The summed E-state index contributed by atoms with van der Waals surface area (Å²) < 4.78 is 0. The van der Waals surface area contributed by atoms with Crippen molar-refractivity contribution in [2.75, 3.05) is 13.1 Å². The van der Waals surface area contributed by atoms with Gasteiger partial charge in [0.25, 0.3) is 11.8 Å². The molecule has 0 saturated heterocycles. The highest BCUT2D eigenvalue weighted by Crippen LogP contribution is 2.30. The number of amides is 3. The Morgan fingerprint density at radius 2 is 1.85 bits per heavy atom. The molecule has 1 heterocycles. The van der Waals surface area contributed by atoms with E-state index in [0.29, 0.717) is 18.7 Å². The molecule has 0 bridgehead atoms. The molecular weight excluding hydrogens is 260 g/mol. The smallest absolute Gasteiger partial charge is 0.284 e. The maximum absolute atomic E-state index is 12.4. The second-order valence-electron chi connectivity index (χ2n) is 4.49. The van der Waals surface area contributed by atoms with Crippen molar-refractivity contribution in [3.8, 4) is 0 Å². The highest BCUT2D eigenvalue weighted by molar-refractivity contribution is 6.18. The zero-order valence-electron chi connectivity index (χ0n) is 11.4. The maximum atomic E-state index is 12.4. The molecule has 0 aliphatic carbocycles. The minimum absolute atomic E-state index is 0.0361. The molecule has 3 amide bonds. The van der Waals surface area contributed by atoms with Gasteiger partial charge in [-0.1, -0.05) is 18.2 Å². The fourth-order valence-electron chi connectivity index (χ4n) is 2.37. The zero-order valence-corrected chi connectivity index (χ0v) is 11.4. The fraction of sp³-hybridized carbons (Fsp3) is 0.357. The Balaban J connectivity index is 2.52. The zero-order chi connectivity index (χ0) is 14.9. The number of benzene rings is 1. The number of imide groups is 1. The summed E-state index contributed by atoms with van der Waals surface area (Å²) in [4.78, 5) is 37.9. The van der Waals surface area contributed by atoms with Crippen LogP contribution >= 0.6 is 0 Å². The third-order valence-corrected chi connectivity index (χ3v) is 3.47. The average molecular weight is 276 g/mol. The molecule has 1 unspecified atom stereocenters. The van der Waals surface area contributed by atoms with Crippen LogP contribution in [0.5, 0.6) is 0 Å². The Morgan fingerprint density at radius 1 is 1.25 bits per heavy atom. The minimum atomic E-state index is -1.16. The molecule has 0 fully saturated rings. The standard InChI is InChI=1S/C14H16N2O4/c1-3-15(4-2)13(18)11-9-7-5-6-8-10(9)12(17)16(20)14(11)19/h5-8,11,20H,3-4H2,1-2H3. The van der Waals surface area contributed by atoms with Gasteiger partial charge in [-0.3, -0.25) is 19.6 Å². The summed E-state index contributed by atoms with van der Waals surface area (Å²) in [6.07, 6.45) is 0. The Bertz CT molecular complexity index is 566. The topological polar surface area (TPSA) is 77.9 Å². The van der Waals surface area contributed by atoms with E-state index in [1.54, 1.807) is 18.2 Å². The van der Waals surface area contributed by atoms with Gasteiger partial charge in [0, 0.05) is 18.7 Å². The summed E-state index contributed by atoms with van der Waals surface area (Å²) in [6, 6.07) is 6.36. The lowest BCUT2D eigenvalue weighted by Crippen LogP contribution is -2.48. The third kappa shape index (κ3) is 2.08. The average Bonchev–Trinajstić information content (AvgIpc) is 2.46. The summed E-state index contributed by atoms with van der Waals surface area (Å²) in [6.45, 7) is 4.53. The van der Waals surface area contributed by atoms with Gasteiger partial charge in [0.1, 0.15) is 5.92 Å². The van der Waals surface area contributed by atoms with Crippen LogP contribution < -0.4 is 0 Å². The highest BCUT2D eigenvalue weighted by Gasteiger charge is 2.43. The summed E-state index contributed by atoms with van der Waals surface area (Å²) >= 11 is 0. The quantitative estimate of drug-likeness (QED) is 0.508. The van der Waals surface area contributed by atoms with Crippen LogP contribution in [0.2, 0.25) is 0 Å². The third-order valence-electron chi connectivity index (χ3n) is 3.47. The fourth-order valence-corrected chi connectivity index (χ4v) is 2.37. The van der Waals surface area contributed by atoms with Gasteiger partial charge >= 0.3 is 0 Å². The minimum Gasteiger partial charge on any atom is -0.342 e. The molecule has 106 valence electrons. The van der Waals surface area contributed by atoms with Crippen molar-refractivity contribution in [2.45, 2.75) is 19.8 Å². The van der Waals surface area contributed by atoms with Gasteiger partial charge in [-0.2, -0.15) is 5.06 Å². The number of carbonyl (C=O) groups excluding carboxylic acids is 3. The number of rotatable bonds is 3. The Hall–Kier alpha value is -2.21. The molecule has 6 heteroatoms. The normalized spacial score (nSPS) is 17.9. The first kappa shape index (κ1) is 14.2. The van der Waals surface area contributed by atoms with Crippen molar-refractivity contribution < 1.29 is 19.6 Å². The first-order chi connectivity index (χ1) is 9.52. The number of hydroxylamine groups is 2. The van der Waals surface area contributed by atoms with Crippen LogP contribution in [0.3, 0.4) is 0 Å². The lowest BCUT2D eigenvalue weighted by Gasteiger charge is -2.30. The van der Waals surface area contributed by atoms with Crippen LogP contribution in [0.15, 0.2) is 24.3 Å². The van der Waals surface area contributed by atoms with E-state index in [1.807, 2.05) is 13.8 Å². The molecule has 1 aromatic carbocycles. The maximum Gasteiger partial charge on any atom is 0.284 e. The van der Waals surface area contributed by atoms with E-state index >= 15 is 0 Å². The summed E-state index contributed by atoms with van der Waals surface area (Å²) in [5, 5.41) is 9.64. The van der Waals surface area contributed by atoms with Gasteiger partial charge in [-0.15, -0.1) is 0 Å². The largest absolute Gasteiger partial charge is 0.342 e. The van der Waals surface area contributed by atoms with Gasteiger partial charge in [-0.05, 0) is 25.5 Å². The lowest BCUT2D eigenvalue weighted by atomic mass is 9.88. The van der Waals surface area contributed by atoms with Gasteiger partial charge in [0.05, 0.1) is 0 Å². The van der Waals surface area contributed by atoms with Crippen LogP contribution in [-0.2, 0) is 9.59 Å². The molecule has 1 N–H and O–H groups in total. The monoisotopic (exact) mass is 276 g/mol. The molecule has 0 saturated carbocycles. The second-order valence-corrected chi connectivity index (χ2v) is 4.49. The van der Waals surface area contributed by atoms with Crippen molar-refractivity contribution in [3.63, 3.8) is 0 Å². The molecule has 1 aliphatic rings. The SMILES string of the molecule is CCN(CC)C(=O)C1C(=O)N(O)C(=O)c2ccccc21. The van der Waals surface area contributed by atoms with Crippen molar-refractivity contribution in [2.24, 2.45) is 0 Å². The number of hydrogen-bond donors (Lipinski definition) is 1. The van der Waals surface area contributed by atoms with Crippen LogP contribution in [0.4, 0.5) is 0 Å². The van der Waals surface area contributed by atoms with Gasteiger partial charge in [0.15, 0.2) is 0 Å². The van der Waals surface area contributed by atoms with Gasteiger partial charge < -0.3 is 4.90 Å². The van der Waals surface area contributed by atoms with Crippen molar-refractivity contribution >= 4 is 17.7 Å². The van der Waals surface area contributed by atoms with Crippen LogP contribution in [0.25, 0.3) is 0 Å². The number of fused-ring (bicyclic) bond motifs is 1. The van der Waals surface area contributed by atoms with E-state index in [0.717, 1.165) is 0 Å². The number of hydrogen-bond acceptors (Lipinski definition) is 4. The molecule has 2 rings (SSSR count). The summed E-state index contributed by atoms with van der Waals surface area (Å²) in [5.41, 5.74) is 0.532. The predicted molar refractivity (Wildman–Crippen MR) is 70.1 cm³/mol. The Labute approximate surface area is 116 Å². The van der Waals surface area contributed by atoms with Gasteiger partial charge in [-0.25, -0.2) is 0 Å². The molecule has 0 aromatic heterocycles. The molecule has 1 aromatic rings. The predicted octanol–water partition coefficient (Wildman–Crippen LogP) is 1.01. The molecule has 0 spiro atoms. The van der Waals surface area contributed by atoms with E-state index in [-0.39, 0.29) is 10.6 Å². The molecule has 1 aliphatic heterocycles. The van der Waals surface area contributed by atoms with E-state index in [9.17, 15) is 19.6 Å². The van der Waals surface area contributed by atoms with E-state index in [4.69, 9.17) is 0 Å². The first-order valence-corrected chi connectivity index (χ1v) is 6.47. The number of likely N-dealkylation sites (N-methyl/N-ethyl adjacent to an activating group) is 1. The number of nitrogens with zero attached hydrogens (tertiary/aromatic N) is 2. The van der Waals surface area contributed by atoms with Crippen LogP contribution in [0.1, 0.15) is 35.7 Å².